The van der Waals surface area contributed by atoms with E-state index in [0.29, 0.717) is 10.7 Å². The van der Waals surface area contributed by atoms with Gasteiger partial charge in [0, 0.05) is 22.7 Å². The summed E-state index contributed by atoms with van der Waals surface area (Å²) in [5.41, 5.74) is -1.11. The Morgan fingerprint density at radius 3 is 2.41 bits per heavy atom. The van der Waals surface area contributed by atoms with Crippen LogP contribution in [-0.4, -0.2) is 35.1 Å². The lowest BCUT2D eigenvalue weighted by Crippen LogP contribution is -2.47. The van der Waals surface area contributed by atoms with Crippen LogP contribution in [0.1, 0.15) is 25.8 Å². The van der Waals surface area contributed by atoms with Crippen molar-refractivity contribution >= 4 is 40.7 Å². The quantitative estimate of drug-likeness (QED) is 0.830. The number of fused-ring (bicyclic) bond motifs is 1. The van der Waals surface area contributed by atoms with Crippen LogP contribution in [0.5, 0.6) is 0 Å². The van der Waals surface area contributed by atoms with Gasteiger partial charge in [0.25, 0.3) is 0 Å². The van der Waals surface area contributed by atoms with E-state index in [4.69, 9.17) is 16.7 Å². The molecule has 0 fully saturated rings. The average molecular weight is 324 g/mol. The lowest BCUT2D eigenvalue weighted by atomic mass is 9.74. The molecule has 1 aliphatic rings. The van der Waals surface area contributed by atoms with Crippen LogP contribution < -0.4 is 4.90 Å². The summed E-state index contributed by atoms with van der Waals surface area (Å²) in [6, 6.07) is 4.44. The van der Waals surface area contributed by atoms with Crippen molar-refractivity contribution in [2.45, 2.75) is 25.7 Å². The fourth-order valence-electron chi connectivity index (χ4n) is 2.84. The first-order valence-electron chi connectivity index (χ1n) is 6.54. The van der Waals surface area contributed by atoms with Gasteiger partial charge in [-0.15, -0.1) is 0 Å². The van der Waals surface area contributed by atoms with Crippen LogP contribution in [0.15, 0.2) is 18.2 Å². The second kappa shape index (κ2) is 5.53. The molecule has 7 heteroatoms. The average Bonchev–Trinajstić information content (AvgIpc) is 2.60. The minimum atomic E-state index is -1.69. The maximum absolute atomic E-state index is 12.8. The summed E-state index contributed by atoms with van der Waals surface area (Å²) < 4.78 is 0. The van der Waals surface area contributed by atoms with Gasteiger partial charge in [0.15, 0.2) is 0 Å². The van der Waals surface area contributed by atoms with Crippen molar-refractivity contribution in [3.05, 3.63) is 28.8 Å². The summed E-state index contributed by atoms with van der Waals surface area (Å²) >= 11 is 5.95. The number of carboxylic acids is 1. The molecular weight excluding hydrogens is 310 g/mol. The Labute approximate surface area is 131 Å². The Balaban J connectivity index is 2.72. The molecule has 1 aliphatic heterocycles. The van der Waals surface area contributed by atoms with Gasteiger partial charge < -0.3 is 5.11 Å². The first-order chi connectivity index (χ1) is 10.2. The molecule has 1 aromatic rings. The molecular formula is C15H14ClNO5. The maximum Gasteiger partial charge on any atom is 0.323 e. The molecule has 6 nitrogen and oxygen atoms in total. The minimum Gasteiger partial charge on any atom is -0.480 e. The summed E-state index contributed by atoms with van der Waals surface area (Å²) in [5, 5.41) is 9.29. The van der Waals surface area contributed by atoms with Gasteiger partial charge in [-0.05, 0) is 32.0 Å². The number of carbonyl (C=O) groups is 4. The van der Waals surface area contributed by atoms with Crippen LogP contribution in [0, 0.1) is 0 Å². The smallest absolute Gasteiger partial charge is 0.323 e. The number of carbonyl (C=O) groups excluding carboxylic acids is 3. The van der Waals surface area contributed by atoms with Crippen LogP contribution in [0.3, 0.4) is 0 Å². The summed E-state index contributed by atoms with van der Waals surface area (Å²) in [6.07, 6.45) is -0.315. The maximum atomic E-state index is 12.8. The van der Waals surface area contributed by atoms with Gasteiger partial charge in [0.05, 0.1) is 0 Å². The Hall–Kier alpha value is -2.21. The molecule has 1 amide bonds. The van der Waals surface area contributed by atoms with Crippen molar-refractivity contribution in [3.8, 4) is 0 Å². The summed E-state index contributed by atoms with van der Waals surface area (Å²) in [4.78, 5) is 48.6. The Bertz CT molecular complexity index is 699. The number of hydrogen-bond acceptors (Lipinski definition) is 4. The molecule has 0 saturated heterocycles. The number of anilines is 1. The van der Waals surface area contributed by atoms with Crippen molar-refractivity contribution in [1.29, 1.82) is 0 Å². The van der Waals surface area contributed by atoms with E-state index in [9.17, 15) is 19.2 Å². The predicted octanol–water partition coefficient (Wildman–Crippen LogP) is 1.58. The van der Waals surface area contributed by atoms with Crippen molar-refractivity contribution in [3.63, 3.8) is 0 Å². The normalized spacial score (nSPS) is 20.0. The van der Waals surface area contributed by atoms with Gasteiger partial charge in [-0.2, -0.15) is 0 Å². The standard InChI is InChI=1S/C15H14ClNO5/c1-8(18)6-15(9(2)19)11-5-10(16)3-4-12(11)17(14(15)22)7-13(20)21/h3-5H,6-7H2,1-2H3,(H,20,21). The Kier molecular flexibility index (Phi) is 4.06. The first-order valence-corrected chi connectivity index (χ1v) is 6.92. The Morgan fingerprint density at radius 2 is 1.91 bits per heavy atom. The molecule has 1 unspecified atom stereocenters. The number of nitrogens with zero attached hydrogens (tertiary/aromatic N) is 1. The predicted molar refractivity (Wildman–Crippen MR) is 79.1 cm³/mol. The molecule has 0 aromatic heterocycles. The van der Waals surface area contributed by atoms with Crippen molar-refractivity contribution in [2.24, 2.45) is 0 Å². The van der Waals surface area contributed by atoms with E-state index in [1.807, 2.05) is 0 Å². The van der Waals surface area contributed by atoms with Crippen LogP contribution >= 0.6 is 11.6 Å². The monoisotopic (exact) mass is 323 g/mol. The number of Topliss-reactive ketones (excluding diaryl/α,β-unsaturated/α-hetero) is 2. The third kappa shape index (κ3) is 2.39. The second-order valence-electron chi connectivity index (χ2n) is 5.29. The molecule has 0 radical (unpaired) electrons. The number of ketones is 2. The van der Waals surface area contributed by atoms with E-state index in [1.165, 1.54) is 32.0 Å². The third-order valence-corrected chi connectivity index (χ3v) is 3.96. The van der Waals surface area contributed by atoms with E-state index in [2.05, 4.69) is 0 Å². The van der Waals surface area contributed by atoms with Crippen molar-refractivity contribution in [2.75, 3.05) is 11.4 Å². The summed E-state index contributed by atoms with van der Waals surface area (Å²) in [6.45, 7) is 1.91. The van der Waals surface area contributed by atoms with Gasteiger partial charge in [-0.3, -0.25) is 24.1 Å². The number of halogens is 1. The van der Waals surface area contributed by atoms with E-state index in [-0.39, 0.29) is 17.8 Å². The minimum absolute atomic E-state index is 0.286. The number of carboxylic acid groups (broad SMARTS) is 1. The van der Waals surface area contributed by atoms with Crippen LogP contribution in [-0.2, 0) is 24.6 Å². The van der Waals surface area contributed by atoms with Crippen LogP contribution in [0.4, 0.5) is 5.69 Å². The molecule has 22 heavy (non-hydrogen) atoms. The van der Waals surface area contributed by atoms with E-state index >= 15 is 0 Å². The molecule has 1 atom stereocenters. The molecule has 1 aromatic carbocycles. The molecule has 1 heterocycles. The van der Waals surface area contributed by atoms with Crippen LogP contribution in [0.25, 0.3) is 0 Å². The fourth-order valence-corrected chi connectivity index (χ4v) is 3.01. The molecule has 0 saturated carbocycles. The highest BCUT2D eigenvalue weighted by molar-refractivity contribution is 6.31. The third-order valence-electron chi connectivity index (χ3n) is 3.73. The summed E-state index contributed by atoms with van der Waals surface area (Å²) in [5.74, 6) is -2.76. The molecule has 0 spiro atoms. The highest BCUT2D eigenvalue weighted by atomic mass is 35.5. The van der Waals surface area contributed by atoms with Crippen LogP contribution in [0.2, 0.25) is 5.02 Å². The van der Waals surface area contributed by atoms with Gasteiger partial charge in [-0.1, -0.05) is 11.6 Å². The first kappa shape index (κ1) is 16.2. The number of rotatable bonds is 5. The van der Waals surface area contributed by atoms with Gasteiger partial charge >= 0.3 is 5.97 Å². The van der Waals surface area contributed by atoms with E-state index in [1.54, 1.807) is 0 Å². The number of amides is 1. The number of hydrogen-bond donors (Lipinski definition) is 1. The SMILES string of the molecule is CC(=O)CC1(C(C)=O)C(=O)N(CC(=O)O)c2ccc(Cl)cc21. The fraction of sp³-hybridized carbons (Fsp3) is 0.333. The van der Waals surface area contributed by atoms with Crippen molar-refractivity contribution in [1.82, 2.24) is 0 Å². The zero-order valence-electron chi connectivity index (χ0n) is 12.1. The molecule has 1 N–H and O–H groups in total. The van der Waals surface area contributed by atoms with Gasteiger partial charge in [0.1, 0.15) is 23.5 Å². The second-order valence-corrected chi connectivity index (χ2v) is 5.72. The van der Waals surface area contributed by atoms with Gasteiger partial charge in [0.2, 0.25) is 5.91 Å². The molecule has 116 valence electrons. The van der Waals surface area contributed by atoms with E-state index < -0.39 is 29.6 Å². The Morgan fingerprint density at radius 1 is 1.27 bits per heavy atom. The molecule has 0 bridgehead atoms. The number of aliphatic carboxylic acids is 1. The topological polar surface area (TPSA) is 91.8 Å². The highest BCUT2D eigenvalue weighted by Crippen LogP contribution is 2.45. The van der Waals surface area contributed by atoms with Gasteiger partial charge in [-0.25, -0.2) is 0 Å². The van der Waals surface area contributed by atoms with Crippen molar-refractivity contribution < 1.29 is 24.3 Å². The van der Waals surface area contributed by atoms with E-state index in [0.717, 1.165) is 4.90 Å². The molecule has 2 rings (SSSR count). The largest absolute Gasteiger partial charge is 0.480 e. The highest BCUT2D eigenvalue weighted by Gasteiger charge is 2.55. The lowest BCUT2D eigenvalue weighted by molar-refractivity contribution is -0.139. The lowest BCUT2D eigenvalue weighted by Gasteiger charge is -2.24. The zero-order chi connectivity index (χ0) is 16.7. The summed E-state index contributed by atoms with van der Waals surface area (Å²) in [7, 11) is 0. The zero-order valence-corrected chi connectivity index (χ0v) is 12.8. The molecule has 0 aliphatic carbocycles. The number of benzene rings is 1.